The third kappa shape index (κ3) is 4.38. The summed E-state index contributed by atoms with van der Waals surface area (Å²) in [5.41, 5.74) is 1.75. The Morgan fingerprint density at radius 3 is 2.57 bits per heavy atom. The number of amides is 1. The van der Waals surface area contributed by atoms with Crippen LogP contribution in [0.5, 0.6) is 0 Å². The van der Waals surface area contributed by atoms with Crippen molar-refractivity contribution in [2.45, 2.75) is 46.2 Å². The predicted molar refractivity (Wildman–Crippen MR) is 106 cm³/mol. The van der Waals surface area contributed by atoms with E-state index in [0.717, 1.165) is 24.8 Å². The van der Waals surface area contributed by atoms with E-state index < -0.39 is 5.82 Å². The number of carbonyl (C=O) groups is 1. The van der Waals surface area contributed by atoms with Crippen LogP contribution in [0, 0.1) is 11.6 Å². The molecule has 2 aromatic carbocycles. The van der Waals surface area contributed by atoms with E-state index in [4.69, 9.17) is 0 Å². The molecular formula is C22H25F2N3O. The zero-order chi connectivity index (χ0) is 20.1. The number of benzene rings is 2. The molecule has 0 aliphatic carbocycles. The van der Waals surface area contributed by atoms with Crippen LogP contribution in [0.15, 0.2) is 42.5 Å². The lowest BCUT2D eigenvalue weighted by atomic mass is 10.2. The molecule has 28 heavy (non-hydrogen) atoms. The first kappa shape index (κ1) is 20.0. The first-order valence-corrected chi connectivity index (χ1v) is 9.73. The Kier molecular flexibility index (Phi) is 6.39. The number of carbonyl (C=O) groups excluding carboxylic acids is 1. The fraction of sp³-hybridized carbons (Fsp3) is 0.364. The van der Waals surface area contributed by atoms with Crippen molar-refractivity contribution in [2.75, 3.05) is 6.54 Å². The van der Waals surface area contributed by atoms with Gasteiger partial charge in [0.25, 0.3) is 5.91 Å². The highest BCUT2D eigenvalue weighted by molar-refractivity contribution is 5.94. The summed E-state index contributed by atoms with van der Waals surface area (Å²) >= 11 is 0. The normalized spacial score (nSPS) is 11.1. The van der Waals surface area contributed by atoms with Crippen LogP contribution in [0.3, 0.4) is 0 Å². The quantitative estimate of drug-likeness (QED) is 0.537. The van der Waals surface area contributed by atoms with E-state index in [9.17, 15) is 13.6 Å². The van der Waals surface area contributed by atoms with Gasteiger partial charge < -0.3 is 9.47 Å². The van der Waals surface area contributed by atoms with Gasteiger partial charge in [-0.15, -0.1) is 0 Å². The minimum atomic E-state index is -0.435. The van der Waals surface area contributed by atoms with E-state index in [2.05, 4.69) is 11.9 Å². The molecule has 0 radical (unpaired) electrons. The molecule has 148 valence electrons. The molecule has 1 amide bonds. The van der Waals surface area contributed by atoms with Crippen molar-refractivity contribution in [1.29, 1.82) is 0 Å². The molecular weight excluding hydrogens is 360 g/mol. The van der Waals surface area contributed by atoms with E-state index in [1.54, 1.807) is 17.0 Å². The van der Waals surface area contributed by atoms with Gasteiger partial charge in [0.2, 0.25) is 0 Å². The molecule has 0 atom stereocenters. The van der Waals surface area contributed by atoms with Crippen molar-refractivity contribution < 1.29 is 13.6 Å². The Morgan fingerprint density at radius 1 is 1.07 bits per heavy atom. The lowest BCUT2D eigenvalue weighted by Gasteiger charge is -2.23. The van der Waals surface area contributed by atoms with Gasteiger partial charge in [-0.05, 0) is 49.2 Å². The molecule has 0 aliphatic rings. The molecule has 1 heterocycles. The second-order valence-electron chi connectivity index (χ2n) is 6.90. The van der Waals surface area contributed by atoms with Gasteiger partial charge >= 0.3 is 0 Å². The van der Waals surface area contributed by atoms with Crippen LogP contribution < -0.4 is 0 Å². The molecule has 0 spiro atoms. The molecule has 3 rings (SSSR count). The summed E-state index contributed by atoms with van der Waals surface area (Å²) in [6.45, 7) is 5.63. The molecule has 0 bridgehead atoms. The maximum absolute atomic E-state index is 13.7. The van der Waals surface area contributed by atoms with Crippen LogP contribution in [0.4, 0.5) is 8.78 Å². The van der Waals surface area contributed by atoms with Gasteiger partial charge in [0.15, 0.2) is 0 Å². The van der Waals surface area contributed by atoms with Crippen molar-refractivity contribution in [1.82, 2.24) is 14.5 Å². The van der Waals surface area contributed by atoms with E-state index in [0.29, 0.717) is 36.5 Å². The van der Waals surface area contributed by atoms with Gasteiger partial charge in [-0.2, -0.15) is 0 Å². The van der Waals surface area contributed by atoms with Crippen molar-refractivity contribution >= 4 is 16.9 Å². The summed E-state index contributed by atoms with van der Waals surface area (Å²) in [5, 5.41) is 0. The number of rotatable bonds is 8. The summed E-state index contributed by atoms with van der Waals surface area (Å²) in [5.74, 6) is -0.262. The third-order valence-corrected chi connectivity index (χ3v) is 4.71. The Hall–Kier alpha value is -2.76. The predicted octanol–water partition coefficient (Wildman–Crippen LogP) is 5.17. The van der Waals surface area contributed by atoms with Gasteiger partial charge in [0.05, 0.1) is 17.6 Å². The number of nitrogens with zero attached hydrogens (tertiary/aromatic N) is 3. The van der Waals surface area contributed by atoms with Crippen LogP contribution in [-0.2, 0) is 13.1 Å². The fourth-order valence-electron chi connectivity index (χ4n) is 3.32. The van der Waals surface area contributed by atoms with Crippen LogP contribution in [0.2, 0.25) is 0 Å². The van der Waals surface area contributed by atoms with E-state index in [1.165, 1.54) is 30.3 Å². The number of fused-ring (bicyclic) bond motifs is 1. The second kappa shape index (κ2) is 8.95. The number of aryl methyl sites for hydroxylation is 1. The lowest BCUT2D eigenvalue weighted by Crippen LogP contribution is -2.32. The molecule has 0 saturated heterocycles. The number of unbranched alkanes of at least 4 members (excludes halogenated alkanes) is 1. The Labute approximate surface area is 163 Å². The molecule has 0 saturated carbocycles. The Balaban J connectivity index is 1.96. The highest BCUT2D eigenvalue weighted by Crippen LogP contribution is 2.20. The number of aromatic nitrogens is 2. The zero-order valence-electron chi connectivity index (χ0n) is 16.3. The summed E-state index contributed by atoms with van der Waals surface area (Å²) in [6, 6.07) is 10.3. The molecule has 0 aliphatic heterocycles. The highest BCUT2D eigenvalue weighted by atomic mass is 19.1. The van der Waals surface area contributed by atoms with Crippen molar-refractivity contribution in [3.05, 3.63) is 65.5 Å². The SMILES string of the molecule is CCCCN(Cc1nc2ccc(F)cc2n1CCC)C(=O)c1cccc(F)c1. The van der Waals surface area contributed by atoms with Crippen LogP contribution in [0.25, 0.3) is 11.0 Å². The number of imidazole rings is 1. The van der Waals surface area contributed by atoms with Gasteiger partial charge in [-0.25, -0.2) is 13.8 Å². The molecule has 4 nitrogen and oxygen atoms in total. The van der Waals surface area contributed by atoms with Crippen LogP contribution in [-0.4, -0.2) is 26.9 Å². The second-order valence-corrected chi connectivity index (χ2v) is 6.90. The molecule has 0 N–H and O–H groups in total. The first-order valence-electron chi connectivity index (χ1n) is 9.73. The van der Waals surface area contributed by atoms with Crippen molar-refractivity contribution in [3.63, 3.8) is 0 Å². The van der Waals surface area contributed by atoms with Crippen molar-refractivity contribution in [2.24, 2.45) is 0 Å². The molecule has 6 heteroatoms. The van der Waals surface area contributed by atoms with E-state index >= 15 is 0 Å². The summed E-state index contributed by atoms with van der Waals surface area (Å²) < 4.78 is 29.3. The fourth-order valence-corrected chi connectivity index (χ4v) is 3.32. The molecule has 0 fully saturated rings. The minimum absolute atomic E-state index is 0.228. The van der Waals surface area contributed by atoms with E-state index in [-0.39, 0.29) is 11.7 Å². The van der Waals surface area contributed by atoms with E-state index in [1.807, 2.05) is 11.5 Å². The van der Waals surface area contributed by atoms with Crippen LogP contribution >= 0.6 is 0 Å². The molecule has 0 unspecified atom stereocenters. The van der Waals surface area contributed by atoms with Crippen LogP contribution in [0.1, 0.15) is 49.3 Å². The largest absolute Gasteiger partial charge is 0.331 e. The zero-order valence-corrected chi connectivity index (χ0v) is 16.3. The Morgan fingerprint density at radius 2 is 1.86 bits per heavy atom. The van der Waals surface area contributed by atoms with Gasteiger partial charge in [0, 0.05) is 18.7 Å². The molecule has 1 aromatic heterocycles. The summed E-state index contributed by atoms with van der Waals surface area (Å²) in [7, 11) is 0. The minimum Gasteiger partial charge on any atom is -0.331 e. The van der Waals surface area contributed by atoms with Gasteiger partial charge in [-0.1, -0.05) is 26.3 Å². The maximum atomic E-state index is 13.7. The Bertz CT molecular complexity index is 968. The summed E-state index contributed by atoms with van der Waals surface area (Å²) in [4.78, 5) is 19.3. The monoisotopic (exact) mass is 385 g/mol. The average molecular weight is 385 g/mol. The smallest absolute Gasteiger partial charge is 0.254 e. The number of hydrogen-bond donors (Lipinski definition) is 0. The average Bonchev–Trinajstić information content (AvgIpc) is 3.01. The van der Waals surface area contributed by atoms with Gasteiger partial charge in [0.1, 0.15) is 17.5 Å². The lowest BCUT2D eigenvalue weighted by molar-refractivity contribution is 0.0734. The number of hydrogen-bond acceptors (Lipinski definition) is 2. The summed E-state index contributed by atoms with van der Waals surface area (Å²) in [6.07, 6.45) is 2.63. The van der Waals surface area contributed by atoms with Crippen molar-refractivity contribution in [3.8, 4) is 0 Å². The maximum Gasteiger partial charge on any atom is 0.254 e. The standard InChI is InChI=1S/C22H25F2N3O/c1-3-5-12-26(22(28)16-7-6-8-17(23)13-16)15-21-25-19-10-9-18(24)14-20(19)27(21)11-4-2/h6-10,13-14H,3-5,11-12,15H2,1-2H3. The van der Waals surface area contributed by atoms with Gasteiger partial charge in [-0.3, -0.25) is 4.79 Å². The highest BCUT2D eigenvalue weighted by Gasteiger charge is 2.20. The molecule has 3 aromatic rings. The topological polar surface area (TPSA) is 38.1 Å². The first-order chi connectivity index (χ1) is 13.5. The number of halogens is 2. The third-order valence-electron chi connectivity index (χ3n) is 4.71.